The minimum Gasteiger partial charge on any atom is -0.321 e. The molecule has 0 saturated heterocycles. The van der Waals surface area contributed by atoms with Crippen LogP contribution in [0.4, 0.5) is 18.9 Å². The van der Waals surface area contributed by atoms with E-state index in [1.807, 2.05) is 0 Å². The molecule has 1 amide bonds. The van der Waals surface area contributed by atoms with Gasteiger partial charge in [0, 0.05) is 5.69 Å². The summed E-state index contributed by atoms with van der Waals surface area (Å²) in [5.74, 6) is -0.778. The van der Waals surface area contributed by atoms with Crippen LogP contribution in [0.25, 0.3) is 0 Å². The standard InChI is InChI=1S/C12H6ClF3N4O/c13-9-2-1-7(3-8(9)12(14,15)16)19-11(21)10-6(4-17)5-18-20-10/h1-3,5H,(H,18,20)(H,19,21). The Hall–Kier alpha value is -2.53. The zero-order valence-corrected chi connectivity index (χ0v) is 10.9. The van der Waals surface area contributed by atoms with Crippen molar-refractivity contribution in [3.63, 3.8) is 0 Å². The second-order valence-corrected chi connectivity index (χ2v) is 4.32. The van der Waals surface area contributed by atoms with Gasteiger partial charge in [0.05, 0.1) is 16.8 Å². The number of hydrogen-bond donors (Lipinski definition) is 2. The van der Waals surface area contributed by atoms with Crippen molar-refractivity contribution < 1.29 is 18.0 Å². The van der Waals surface area contributed by atoms with Gasteiger partial charge in [-0.15, -0.1) is 0 Å². The van der Waals surface area contributed by atoms with E-state index in [9.17, 15) is 18.0 Å². The third kappa shape index (κ3) is 3.14. The van der Waals surface area contributed by atoms with Gasteiger partial charge >= 0.3 is 6.18 Å². The van der Waals surface area contributed by atoms with Gasteiger partial charge in [-0.25, -0.2) is 0 Å². The topological polar surface area (TPSA) is 81.6 Å². The van der Waals surface area contributed by atoms with E-state index in [4.69, 9.17) is 16.9 Å². The molecule has 0 aliphatic carbocycles. The summed E-state index contributed by atoms with van der Waals surface area (Å²) in [5.41, 5.74) is -1.32. The predicted molar refractivity (Wildman–Crippen MR) is 67.7 cm³/mol. The lowest BCUT2D eigenvalue weighted by Gasteiger charge is -2.11. The zero-order valence-electron chi connectivity index (χ0n) is 10.1. The highest BCUT2D eigenvalue weighted by Crippen LogP contribution is 2.36. The molecule has 1 heterocycles. The van der Waals surface area contributed by atoms with E-state index in [2.05, 4.69) is 15.5 Å². The number of halogens is 4. The molecular weight excluding hydrogens is 309 g/mol. The normalized spacial score (nSPS) is 11.0. The van der Waals surface area contributed by atoms with Gasteiger partial charge in [-0.3, -0.25) is 9.89 Å². The molecular formula is C12H6ClF3N4O. The van der Waals surface area contributed by atoms with Crippen LogP contribution in [0.1, 0.15) is 21.6 Å². The number of hydrogen-bond acceptors (Lipinski definition) is 3. The Labute approximate surface area is 121 Å². The first kappa shape index (κ1) is 14.9. The summed E-state index contributed by atoms with van der Waals surface area (Å²) >= 11 is 5.47. The van der Waals surface area contributed by atoms with Crippen LogP contribution in [0.15, 0.2) is 24.4 Å². The SMILES string of the molecule is N#Cc1cn[nH]c1C(=O)Nc1ccc(Cl)c(C(F)(F)F)c1. The van der Waals surface area contributed by atoms with E-state index < -0.39 is 22.7 Å². The highest BCUT2D eigenvalue weighted by molar-refractivity contribution is 6.31. The monoisotopic (exact) mass is 314 g/mol. The molecule has 0 saturated carbocycles. The molecule has 1 aromatic heterocycles. The van der Waals surface area contributed by atoms with Gasteiger partial charge in [0.15, 0.2) is 0 Å². The Balaban J connectivity index is 2.29. The number of anilines is 1. The van der Waals surface area contributed by atoms with Crippen LogP contribution in [0, 0.1) is 11.3 Å². The number of rotatable bonds is 2. The Morgan fingerprint density at radius 2 is 2.14 bits per heavy atom. The van der Waals surface area contributed by atoms with E-state index in [1.165, 1.54) is 6.07 Å². The van der Waals surface area contributed by atoms with Crippen LogP contribution in [0.3, 0.4) is 0 Å². The van der Waals surface area contributed by atoms with Crippen molar-refractivity contribution in [2.75, 3.05) is 5.32 Å². The Morgan fingerprint density at radius 1 is 1.43 bits per heavy atom. The summed E-state index contributed by atoms with van der Waals surface area (Å²) in [6.45, 7) is 0. The first-order chi connectivity index (χ1) is 9.82. The maximum absolute atomic E-state index is 12.7. The molecule has 5 nitrogen and oxygen atoms in total. The van der Waals surface area contributed by atoms with Crippen LogP contribution in [-0.2, 0) is 6.18 Å². The molecule has 0 aliphatic heterocycles. The first-order valence-corrected chi connectivity index (χ1v) is 5.82. The fourth-order valence-electron chi connectivity index (χ4n) is 1.56. The first-order valence-electron chi connectivity index (χ1n) is 5.44. The minimum absolute atomic E-state index is 0.0162. The molecule has 2 N–H and O–H groups in total. The highest BCUT2D eigenvalue weighted by atomic mass is 35.5. The number of nitrogens with zero attached hydrogens (tertiary/aromatic N) is 2. The molecule has 0 aliphatic rings. The Kier molecular flexibility index (Phi) is 3.86. The molecule has 0 unspecified atom stereocenters. The van der Waals surface area contributed by atoms with E-state index in [1.54, 1.807) is 6.07 Å². The number of nitriles is 1. The smallest absolute Gasteiger partial charge is 0.321 e. The molecule has 0 bridgehead atoms. The van der Waals surface area contributed by atoms with Crippen molar-refractivity contribution in [3.8, 4) is 6.07 Å². The molecule has 2 rings (SSSR count). The number of benzene rings is 1. The van der Waals surface area contributed by atoms with Crippen molar-refractivity contribution in [1.82, 2.24) is 10.2 Å². The van der Waals surface area contributed by atoms with Crippen LogP contribution < -0.4 is 5.32 Å². The number of amides is 1. The van der Waals surface area contributed by atoms with Gasteiger partial charge in [-0.1, -0.05) is 11.6 Å². The lowest BCUT2D eigenvalue weighted by molar-refractivity contribution is -0.137. The van der Waals surface area contributed by atoms with Crippen LogP contribution in [0.5, 0.6) is 0 Å². The maximum Gasteiger partial charge on any atom is 0.417 e. The van der Waals surface area contributed by atoms with Crippen molar-refractivity contribution in [2.45, 2.75) is 6.18 Å². The maximum atomic E-state index is 12.7. The number of alkyl halides is 3. The van der Waals surface area contributed by atoms with Crippen molar-refractivity contribution in [2.24, 2.45) is 0 Å². The van der Waals surface area contributed by atoms with Crippen LogP contribution in [0.2, 0.25) is 5.02 Å². The van der Waals surface area contributed by atoms with E-state index in [0.29, 0.717) is 6.07 Å². The summed E-state index contributed by atoms with van der Waals surface area (Å²) in [5, 5.41) is 16.3. The van der Waals surface area contributed by atoms with Gasteiger partial charge in [0.25, 0.3) is 5.91 Å². The molecule has 9 heteroatoms. The number of aromatic amines is 1. The fraction of sp³-hybridized carbons (Fsp3) is 0.0833. The molecule has 108 valence electrons. The van der Waals surface area contributed by atoms with E-state index in [-0.39, 0.29) is 16.9 Å². The number of carbonyl (C=O) groups excluding carboxylic acids is 1. The zero-order chi connectivity index (χ0) is 15.6. The van der Waals surface area contributed by atoms with Crippen molar-refractivity contribution >= 4 is 23.2 Å². The summed E-state index contributed by atoms with van der Waals surface area (Å²) in [6, 6.07) is 4.69. The molecule has 21 heavy (non-hydrogen) atoms. The van der Waals surface area contributed by atoms with E-state index >= 15 is 0 Å². The van der Waals surface area contributed by atoms with Gasteiger partial charge in [-0.05, 0) is 18.2 Å². The number of aromatic nitrogens is 2. The lowest BCUT2D eigenvalue weighted by Crippen LogP contribution is -2.15. The number of nitrogens with one attached hydrogen (secondary N) is 2. The molecule has 1 aromatic carbocycles. The van der Waals surface area contributed by atoms with Crippen LogP contribution >= 0.6 is 11.6 Å². The lowest BCUT2D eigenvalue weighted by atomic mass is 10.2. The van der Waals surface area contributed by atoms with Crippen molar-refractivity contribution in [3.05, 3.63) is 46.2 Å². The third-order valence-corrected chi connectivity index (χ3v) is 2.85. The molecule has 0 spiro atoms. The number of H-pyrrole nitrogens is 1. The van der Waals surface area contributed by atoms with Gasteiger partial charge in [0.1, 0.15) is 17.3 Å². The Morgan fingerprint density at radius 3 is 2.76 bits per heavy atom. The average Bonchev–Trinajstić information content (AvgIpc) is 2.88. The molecule has 0 atom stereocenters. The second kappa shape index (κ2) is 5.46. The highest BCUT2D eigenvalue weighted by Gasteiger charge is 2.33. The molecule has 0 radical (unpaired) electrons. The molecule has 2 aromatic rings. The molecule has 0 fully saturated rings. The van der Waals surface area contributed by atoms with Gasteiger partial charge in [-0.2, -0.15) is 23.5 Å². The van der Waals surface area contributed by atoms with Gasteiger partial charge < -0.3 is 5.32 Å². The minimum atomic E-state index is -4.64. The average molecular weight is 315 g/mol. The van der Waals surface area contributed by atoms with Gasteiger partial charge in [0.2, 0.25) is 0 Å². The second-order valence-electron chi connectivity index (χ2n) is 3.92. The Bertz CT molecular complexity index is 733. The summed E-state index contributed by atoms with van der Waals surface area (Å²) in [7, 11) is 0. The fourth-order valence-corrected chi connectivity index (χ4v) is 1.78. The predicted octanol–water partition coefficient (Wildman–Crippen LogP) is 3.21. The summed E-state index contributed by atoms with van der Waals surface area (Å²) in [6.07, 6.45) is -3.50. The third-order valence-electron chi connectivity index (χ3n) is 2.52. The summed E-state index contributed by atoms with van der Waals surface area (Å²) in [4.78, 5) is 11.9. The van der Waals surface area contributed by atoms with Crippen molar-refractivity contribution in [1.29, 1.82) is 5.26 Å². The van der Waals surface area contributed by atoms with E-state index in [0.717, 1.165) is 12.3 Å². The number of carbonyl (C=O) groups is 1. The quantitative estimate of drug-likeness (QED) is 0.893. The largest absolute Gasteiger partial charge is 0.417 e. The summed E-state index contributed by atoms with van der Waals surface area (Å²) < 4.78 is 38.1. The van der Waals surface area contributed by atoms with Crippen LogP contribution in [-0.4, -0.2) is 16.1 Å².